The molecule has 106 valence electrons. The van der Waals surface area contributed by atoms with Crippen molar-refractivity contribution in [1.29, 1.82) is 0 Å². The number of hydrogen-bond donors (Lipinski definition) is 0. The van der Waals surface area contributed by atoms with Crippen LogP contribution in [0.4, 0.5) is 0 Å². The van der Waals surface area contributed by atoms with E-state index in [-0.39, 0.29) is 24.9 Å². The van der Waals surface area contributed by atoms with Crippen molar-refractivity contribution in [3.8, 4) is 0 Å². The van der Waals surface area contributed by atoms with Gasteiger partial charge < -0.3 is 4.74 Å². The van der Waals surface area contributed by atoms with Crippen LogP contribution in [-0.4, -0.2) is 28.1 Å². The van der Waals surface area contributed by atoms with E-state index in [2.05, 4.69) is 5.10 Å². The second-order valence-electron chi connectivity index (χ2n) is 4.86. The second kappa shape index (κ2) is 5.86. The van der Waals surface area contributed by atoms with Crippen LogP contribution < -0.4 is 0 Å². The van der Waals surface area contributed by atoms with E-state index in [1.165, 1.54) is 0 Å². The van der Waals surface area contributed by atoms with Crippen LogP contribution in [0, 0.1) is 0 Å². The molecule has 0 saturated heterocycles. The van der Waals surface area contributed by atoms with Gasteiger partial charge in [-0.15, -0.1) is 0 Å². The Kier molecular flexibility index (Phi) is 4.17. The maximum atomic E-state index is 12.0. The van der Waals surface area contributed by atoms with Gasteiger partial charge in [-0.25, -0.2) is 0 Å². The Labute approximate surface area is 117 Å². The number of fused-ring (bicyclic) bond motifs is 1. The summed E-state index contributed by atoms with van der Waals surface area (Å²) < 4.78 is 6.68. The van der Waals surface area contributed by atoms with E-state index < -0.39 is 5.97 Å². The molecule has 2 rings (SSSR count). The van der Waals surface area contributed by atoms with Gasteiger partial charge in [0.25, 0.3) is 0 Å². The van der Waals surface area contributed by atoms with E-state index in [1.807, 2.05) is 24.6 Å². The fourth-order valence-corrected chi connectivity index (χ4v) is 2.08. The van der Waals surface area contributed by atoms with Crippen molar-refractivity contribution in [3.63, 3.8) is 0 Å². The van der Waals surface area contributed by atoms with E-state index in [1.54, 1.807) is 25.3 Å². The Bertz CT molecular complexity index is 644. The van der Waals surface area contributed by atoms with E-state index in [4.69, 9.17) is 4.74 Å². The predicted octanol–water partition coefficient (Wildman–Crippen LogP) is 2.75. The number of ether oxygens (including phenoxy) is 1. The normalized spacial score (nSPS) is 11.0. The average Bonchev–Trinajstić information content (AvgIpc) is 2.81. The Morgan fingerprint density at radius 2 is 2.10 bits per heavy atom. The van der Waals surface area contributed by atoms with Crippen molar-refractivity contribution in [3.05, 3.63) is 30.0 Å². The van der Waals surface area contributed by atoms with Crippen molar-refractivity contribution in [1.82, 2.24) is 9.78 Å². The zero-order valence-corrected chi connectivity index (χ0v) is 11.9. The minimum absolute atomic E-state index is 0.225. The molecule has 0 amide bonds. The smallest absolute Gasteiger partial charge is 0.313 e. The minimum atomic E-state index is -0.490. The van der Waals surface area contributed by atoms with E-state index in [0.29, 0.717) is 5.56 Å². The highest BCUT2D eigenvalue weighted by Gasteiger charge is 2.14. The molecule has 0 aliphatic rings. The SMILES string of the molecule is CCOC(=O)CC(=O)c1ccc2c(cnn2C(C)C)c1. The maximum Gasteiger partial charge on any atom is 0.313 e. The fourth-order valence-electron chi connectivity index (χ4n) is 2.08. The molecule has 0 bridgehead atoms. The summed E-state index contributed by atoms with van der Waals surface area (Å²) in [4.78, 5) is 23.3. The van der Waals surface area contributed by atoms with Gasteiger partial charge in [0.15, 0.2) is 5.78 Å². The topological polar surface area (TPSA) is 61.2 Å². The van der Waals surface area contributed by atoms with Crippen LogP contribution in [0.2, 0.25) is 0 Å². The van der Waals surface area contributed by atoms with Gasteiger partial charge in [-0.2, -0.15) is 5.10 Å². The highest BCUT2D eigenvalue weighted by Crippen LogP contribution is 2.20. The number of Topliss-reactive ketones (excluding diaryl/α,β-unsaturated/α-hetero) is 1. The molecular formula is C15H18N2O3. The summed E-state index contributed by atoms with van der Waals surface area (Å²) in [6.07, 6.45) is 1.51. The first-order valence-electron chi connectivity index (χ1n) is 6.69. The van der Waals surface area contributed by atoms with Crippen molar-refractivity contribution in [2.75, 3.05) is 6.61 Å². The number of nitrogens with zero attached hydrogens (tertiary/aromatic N) is 2. The van der Waals surface area contributed by atoms with Crippen molar-refractivity contribution < 1.29 is 14.3 Å². The molecule has 0 spiro atoms. The highest BCUT2D eigenvalue weighted by molar-refractivity contribution is 6.07. The largest absolute Gasteiger partial charge is 0.466 e. The number of aromatic nitrogens is 2. The first kappa shape index (κ1) is 14.2. The van der Waals surface area contributed by atoms with Crippen LogP contribution in [0.15, 0.2) is 24.4 Å². The highest BCUT2D eigenvalue weighted by atomic mass is 16.5. The summed E-state index contributed by atoms with van der Waals surface area (Å²) in [5, 5.41) is 5.20. The zero-order chi connectivity index (χ0) is 14.7. The van der Waals surface area contributed by atoms with E-state index in [0.717, 1.165) is 10.9 Å². The second-order valence-corrected chi connectivity index (χ2v) is 4.86. The summed E-state index contributed by atoms with van der Waals surface area (Å²) in [7, 11) is 0. The quantitative estimate of drug-likeness (QED) is 0.478. The van der Waals surface area contributed by atoms with Crippen LogP contribution in [0.3, 0.4) is 0 Å². The lowest BCUT2D eigenvalue weighted by Gasteiger charge is -2.07. The third-order valence-corrected chi connectivity index (χ3v) is 3.02. The predicted molar refractivity (Wildman–Crippen MR) is 75.7 cm³/mol. The zero-order valence-electron chi connectivity index (χ0n) is 11.9. The Morgan fingerprint density at radius 1 is 1.35 bits per heavy atom. The molecule has 5 nitrogen and oxygen atoms in total. The van der Waals surface area contributed by atoms with Gasteiger partial charge in [0.2, 0.25) is 0 Å². The number of carbonyl (C=O) groups is 2. The van der Waals surface area contributed by atoms with Gasteiger partial charge in [-0.05, 0) is 39.0 Å². The maximum absolute atomic E-state index is 12.0. The molecule has 0 atom stereocenters. The van der Waals surface area contributed by atoms with Crippen LogP contribution in [0.1, 0.15) is 43.6 Å². The van der Waals surface area contributed by atoms with Gasteiger partial charge in [-0.1, -0.05) is 0 Å². The number of ketones is 1. The Balaban J connectivity index is 2.24. The van der Waals surface area contributed by atoms with Crippen LogP contribution >= 0.6 is 0 Å². The van der Waals surface area contributed by atoms with Gasteiger partial charge in [0.1, 0.15) is 6.42 Å². The molecule has 1 heterocycles. The Morgan fingerprint density at radius 3 is 2.75 bits per heavy atom. The third-order valence-electron chi connectivity index (χ3n) is 3.02. The number of esters is 1. The summed E-state index contributed by atoms with van der Waals surface area (Å²) in [5.41, 5.74) is 1.49. The monoisotopic (exact) mass is 274 g/mol. The van der Waals surface area contributed by atoms with Crippen LogP contribution in [0.25, 0.3) is 10.9 Å². The van der Waals surface area contributed by atoms with E-state index in [9.17, 15) is 9.59 Å². The van der Waals surface area contributed by atoms with Crippen LogP contribution in [-0.2, 0) is 9.53 Å². The van der Waals surface area contributed by atoms with Crippen LogP contribution in [0.5, 0.6) is 0 Å². The average molecular weight is 274 g/mol. The Hall–Kier alpha value is -2.17. The summed E-state index contributed by atoms with van der Waals surface area (Å²) >= 11 is 0. The lowest BCUT2D eigenvalue weighted by molar-refractivity contribution is -0.141. The summed E-state index contributed by atoms with van der Waals surface area (Å²) in [6.45, 7) is 6.10. The first-order chi connectivity index (χ1) is 9.52. The lowest BCUT2D eigenvalue weighted by atomic mass is 10.1. The molecule has 0 N–H and O–H groups in total. The molecule has 0 fully saturated rings. The molecule has 0 aliphatic heterocycles. The van der Waals surface area contributed by atoms with Gasteiger partial charge in [0, 0.05) is 17.0 Å². The molecule has 1 aromatic carbocycles. The number of hydrogen-bond acceptors (Lipinski definition) is 4. The standard InChI is InChI=1S/C15H18N2O3/c1-4-20-15(19)8-14(18)11-5-6-13-12(7-11)9-16-17(13)10(2)3/h5-7,9-10H,4,8H2,1-3H3. The fraction of sp³-hybridized carbons (Fsp3) is 0.400. The minimum Gasteiger partial charge on any atom is -0.466 e. The third kappa shape index (κ3) is 2.87. The van der Waals surface area contributed by atoms with Gasteiger partial charge >= 0.3 is 5.97 Å². The van der Waals surface area contributed by atoms with E-state index >= 15 is 0 Å². The lowest BCUT2D eigenvalue weighted by Crippen LogP contribution is -2.11. The molecule has 20 heavy (non-hydrogen) atoms. The molecule has 0 unspecified atom stereocenters. The number of carbonyl (C=O) groups excluding carboxylic acids is 2. The molecular weight excluding hydrogens is 256 g/mol. The number of benzene rings is 1. The number of rotatable bonds is 5. The van der Waals surface area contributed by atoms with Crippen molar-refractivity contribution in [2.45, 2.75) is 33.2 Å². The molecule has 5 heteroatoms. The molecule has 2 aromatic rings. The molecule has 0 radical (unpaired) electrons. The molecule has 1 aromatic heterocycles. The van der Waals surface area contributed by atoms with Crippen molar-refractivity contribution >= 4 is 22.7 Å². The molecule has 0 aliphatic carbocycles. The van der Waals surface area contributed by atoms with Gasteiger partial charge in [0.05, 0.1) is 18.3 Å². The first-order valence-corrected chi connectivity index (χ1v) is 6.69. The summed E-state index contributed by atoms with van der Waals surface area (Å²) in [6, 6.07) is 5.61. The molecule has 0 saturated carbocycles. The van der Waals surface area contributed by atoms with Crippen molar-refractivity contribution in [2.24, 2.45) is 0 Å². The van der Waals surface area contributed by atoms with Gasteiger partial charge in [-0.3, -0.25) is 14.3 Å². The summed E-state index contributed by atoms with van der Waals surface area (Å²) in [5.74, 6) is -0.724.